The average molecular weight is 358 g/mol. The largest absolute Gasteiger partial charge is 0.444 e. The molecule has 0 bridgehead atoms. The molecule has 2 fully saturated rings. The molecular weight excluding hydrogens is 328 g/mol. The van der Waals surface area contributed by atoms with Gasteiger partial charge in [0.05, 0.1) is 24.9 Å². The first-order valence-corrected chi connectivity index (χ1v) is 8.71. The molecular formula is C17H30N2O6. The number of carbonyl (C=O) groups excluding carboxylic acids is 2. The Morgan fingerprint density at radius 1 is 1.28 bits per heavy atom. The summed E-state index contributed by atoms with van der Waals surface area (Å²) in [7, 11) is 0. The summed E-state index contributed by atoms with van der Waals surface area (Å²) in [5.41, 5.74) is 4.79. The van der Waals surface area contributed by atoms with Gasteiger partial charge >= 0.3 is 6.09 Å². The molecule has 144 valence electrons. The maximum atomic E-state index is 12.1. The molecule has 2 saturated heterocycles. The Balaban J connectivity index is 2.00. The molecule has 0 aromatic carbocycles. The van der Waals surface area contributed by atoms with Crippen LogP contribution in [0.3, 0.4) is 0 Å². The summed E-state index contributed by atoms with van der Waals surface area (Å²) in [4.78, 5) is 23.6. The third kappa shape index (κ3) is 6.13. The van der Waals surface area contributed by atoms with Crippen LogP contribution in [0, 0.1) is 0 Å². The van der Waals surface area contributed by atoms with Crippen molar-refractivity contribution in [1.29, 1.82) is 0 Å². The summed E-state index contributed by atoms with van der Waals surface area (Å²) in [6.07, 6.45) is -0.206. The van der Waals surface area contributed by atoms with Gasteiger partial charge in [0, 0.05) is 6.42 Å². The number of nitrogens with one attached hydrogen (secondary N) is 1. The van der Waals surface area contributed by atoms with Crippen LogP contribution in [-0.2, 0) is 23.7 Å². The second-order valence-electron chi connectivity index (χ2n) is 8.08. The van der Waals surface area contributed by atoms with Crippen LogP contribution in [0.15, 0.2) is 0 Å². The quantitative estimate of drug-likeness (QED) is 0.787. The van der Waals surface area contributed by atoms with Crippen LogP contribution in [-0.4, -0.2) is 54.3 Å². The zero-order valence-electron chi connectivity index (χ0n) is 15.7. The monoisotopic (exact) mass is 358 g/mol. The van der Waals surface area contributed by atoms with E-state index >= 15 is 0 Å². The van der Waals surface area contributed by atoms with Crippen LogP contribution in [0.4, 0.5) is 4.79 Å². The zero-order valence-corrected chi connectivity index (χ0v) is 15.7. The van der Waals surface area contributed by atoms with Gasteiger partial charge in [0.1, 0.15) is 11.7 Å². The van der Waals surface area contributed by atoms with Gasteiger partial charge in [-0.25, -0.2) is 4.79 Å². The number of alkyl carbamates (subject to hydrolysis) is 1. The number of primary amides is 1. The fourth-order valence-electron chi connectivity index (χ4n) is 3.08. The molecule has 0 aromatic heterocycles. The maximum Gasteiger partial charge on any atom is 0.407 e. The van der Waals surface area contributed by atoms with Crippen LogP contribution < -0.4 is 11.1 Å². The van der Waals surface area contributed by atoms with Crippen molar-refractivity contribution >= 4 is 12.0 Å². The molecule has 0 aromatic rings. The lowest BCUT2D eigenvalue weighted by atomic mass is 9.94. The van der Waals surface area contributed by atoms with Crippen molar-refractivity contribution in [2.24, 2.45) is 5.73 Å². The normalized spacial score (nSPS) is 32.2. The Labute approximate surface area is 148 Å². The van der Waals surface area contributed by atoms with E-state index in [1.807, 2.05) is 13.8 Å². The second-order valence-corrected chi connectivity index (χ2v) is 8.08. The third-order valence-corrected chi connectivity index (χ3v) is 4.11. The Morgan fingerprint density at radius 2 is 1.96 bits per heavy atom. The van der Waals surface area contributed by atoms with E-state index in [2.05, 4.69) is 5.32 Å². The Morgan fingerprint density at radius 3 is 2.48 bits per heavy atom. The Hall–Kier alpha value is -1.38. The van der Waals surface area contributed by atoms with Gasteiger partial charge < -0.3 is 30.0 Å². The molecule has 3 N–H and O–H groups in total. The van der Waals surface area contributed by atoms with Crippen molar-refractivity contribution in [3.05, 3.63) is 0 Å². The molecule has 0 spiro atoms. The first-order valence-electron chi connectivity index (χ1n) is 8.71. The molecule has 0 saturated carbocycles. The van der Waals surface area contributed by atoms with Crippen molar-refractivity contribution < 1.29 is 28.5 Å². The minimum absolute atomic E-state index is 0.172. The van der Waals surface area contributed by atoms with E-state index in [9.17, 15) is 9.59 Å². The molecule has 25 heavy (non-hydrogen) atoms. The van der Waals surface area contributed by atoms with E-state index in [1.54, 1.807) is 20.8 Å². The summed E-state index contributed by atoms with van der Waals surface area (Å²) in [6, 6.07) is -0.280. The predicted molar refractivity (Wildman–Crippen MR) is 89.8 cm³/mol. The molecule has 0 aliphatic carbocycles. The van der Waals surface area contributed by atoms with Gasteiger partial charge in [0.2, 0.25) is 5.91 Å². The number of nitrogens with two attached hydrogens (primary N) is 1. The van der Waals surface area contributed by atoms with E-state index < -0.39 is 35.6 Å². The fraction of sp³-hybridized carbons (Fsp3) is 0.882. The highest BCUT2D eigenvalue weighted by Gasteiger charge is 2.40. The van der Waals surface area contributed by atoms with Crippen LogP contribution in [0.5, 0.6) is 0 Å². The Bertz CT molecular complexity index is 502. The fourth-order valence-corrected chi connectivity index (χ4v) is 3.08. The van der Waals surface area contributed by atoms with E-state index in [0.29, 0.717) is 25.9 Å². The standard InChI is InChI=1S/C17H30N2O6/c1-16(2,3)25-15(21)19-11-6-7-12(14(18)20)23-13(11)8-10-9-22-17(4,5)24-10/h10-13H,6-9H2,1-5H3,(H2,18,20)(H,19,21)/t10-,11?,12-,13-/m1/s1. The summed E-state index contributed by atoms with van der Waals surface area (Å²) in [6.45, 7) is 9.53. The SMILES string of the molecule is CC(C)(C)OC(=O)NC1CC[C@H](C(N)=O)O[C@@H]1C[C@@H]1COC(C)(C)O1. The van der Waals surface area contributed by atoms with Crippen molar-refractivity contribution in [3.63, 3.8) is 0 Å². The molecule has 2 heterocycles. The van der Waals surface area contributed by atoms with Gasteiger partial charge in [0.25, 0.3) is 0 Å². The molecule has 2 aliphatic heterocycles. The minimum Gasteiger partial charge on any atom is -0.444 e. The van der Waals surface area contributed by atoms with E-state index in [1.165, 1.54) is 0 Å². The molecule has 8 heteroatoms. The topological polar surface area (TPSA) is 109 Å². The van der Waals surface area contributed by atoms with Crippen LogP contribution in [0.1, 0.15) is 53.9 Å². The molecule has 2 rings (SSSR count). The summed E-state index contributed by atoms with van der Waals surface area (Å²) in [5, 5.41) is 2.85. The lowest BCUT2D eigenvalue weighted by Gasteiger charge is -2.37. The average Bonchev–Trinajstić information content (AvgIpc) is 2.77. The Kier molecular flexibility index (Phi) is 5.96. The van der Waals surface area contributed by atoms with E-state index in [4.69, 9.17) is 24.7 Å². The molecule has 2 aliphatic rings. The molecule has 0 radical (unpaired) electrons. The molecule has 8 nitrogen and oxygen atoms in total. The van der Waals surface area contributed by atoms with Gasteiger partial charge in [-0.05, 0) is 47.5 Å². The number of rotatable bonds is 4. The lowest BCUT2D eigenvalue weighted by Crippen LogP contribution is -2.53. The maximum absolute atomic E-state index is 12.1. The zero-order chi connectivity index (χ0) is 18.8. The first kappa shape index (κ1) is 19.9. The predicted octanol–water partition coefficient (Wildman–Crippen LogP) is 1.45. The van der Waals surface area contributed by atoms with Gasteiger partial charge in [-0.15, -0.1) is 0 Å². The van der Waals surface area contributed by atoms with E-state index in [0.717, 1.165) is 0 Å². The van der Waals surface area contributed by atoms with Gasteiger partial charge in [-0.1, -0.05) is 0 Å². The summed E-state index contributed by atoms with van der Waals surface area (Å²) in [5.74, 6) is -1.14. The summed E-state index contributed by atoms with van der Waals surface area (Å²) >= 11 is 0. The number of ether oxygens (including phenoxy) is 4. The van der Waals surface area contributed by atoms with Gasteiger partial charge in [-0.2, -0.15) is 0 Å². The number of hydrogen-bond acceptors (Lipinski definition) is 6. The highest BCUT2D eigenvalue weighted by atomic mass is 16.7. The smallest absolute Gasteiger partial charge is 0.407 e. The third-order valence-electron chi connectivity index (χ3n) is 4.11. The molecule has 1 unspecified atom stereocenters. The van der Waals surface area contributed by atoms with Gasteiger partial charge in [-0.3, -0.25) is 4.79 Å². The van der Waals surface area contributed by atoms with E-state index in [-0.39, 0.29) is 12.1 Å². The summed E-state index contributed by atoms with van der Waals surface area (Å²) < 4.78 is 22.5. The molecule has 4 atom stereocenters. The highest BCUT2D eigenvalue weighted by Crippen LogP contribution is 2.29. The molecule has 2 amide bonds. The first-order chi connectivity index (χ1) is 11.5. The number of carbonyl (C=O) groups is 2. The highest BCUT2D eigenvalue weighted by molar-refractivity contribution is 5.79. The van der Waals surface area contributed by atoms with Crippen molar-refractivity contribution in [1.82, 2.24) is 5.32 Å². The van der Waals surface area contributed by atoms with Crippen molar-refractivity contribution in [3.8, 4) is 0 Å². The van der Waals surface area contributed by atoms with Crippen LogP contribution >= 0.6 is 0 Å². The number of amides is 2. The van der Waals surface area contributed by atoms with Crippen LogP contribution in [0.25, 0.3) is 0 Å². The second kappa shape index (κ2) is 7.47. The lowest BCUT2D eigenvalue weighted by molar-refractivity contribution is -0.155. The number of hydrogen-bond donors (Lipinski definition) is 2. The minimum atomic E-state index is -0.656. The van der Waals surface area contributed by atoms with Crippen molar-refractivity contribution in [2.75, 3.05) is 6.61 Å². The van der Waals surface area contributed by atoms with Crippen LogP contribution in [0.2, 0.25) is 0 Å². The van der Waals surface area contributed by atoms with Crippen molar-refractivity contribution in [2.45, 2.75) is 89.6 Å². The van der Waals surface area contributed by atoms with Gasteiger partial charge in [0.15, 0.2) is 5.79 Å².